The molecule has 0 radical (unpaired) electrons. The van der Waals surface area contributed by atoms with Crippen LogP contribution < -0.4 is 4.74 Å². The van der Waals surface area contributed by atoms with Gasteiger partial charge in [-0.05, 0) is 49.3 Å². The molecule has 6 nitrogen and oxygen atoms in total. The lowest BCUT2D eigenvalue weighted by molar-refractivity contribution is 0.0678. The van der Waals surface area contributed by atoms with Gasteiger partial charge in [0.15, 0.2) is 0 Å². The lowest BCUT2D eigenvalue weighted by atomic mass is 9.83. The molecule has 0 spiro atoms. The standard InChI is InChI=1S/C15H16ClN3O3/c16-11-5-1-9(2-6-11)10-3-7-12(8-4-10)22-14-13(15(20)21)17-19-18-14/h1-2,5-6,10,12H,3-4,7-8H2,(H,20,21)(H,17,18,19). The molecule has 1 aromatic carbocycles. The van der Waals surface area contributed by atoms with Gasteiger partial charge in [-0.25, -0.2) is 9.89 Å². The molecule has 2 N–H and O–H groups in total. The van der Waals surface area contributed by atoms with Crippen LogP contribution in [-0.2, 0) is 0 Å². The molecule has 2 aromatic rings. The lowest BCUT2D eigenvalue weighted by Gasteiger charge is -2.28. The van der Waals surface area contributed by atoms with Gasteiger partial charge in [0.05, 0.1) is 0 Å². The molecule has 0 amide bonds. The van der Waals surface area contributed by atoms with Gasteiger partial charge in [0.2, 0.25) is 5.69 Å². The largest absolute Gasteiger partial charge is 0.476 e. The average Bonchev–Trinajstić information content (AvgIpc) is 2.97. The van der Waals surface area contributed by atoms with Crippen LogP contribution in [0.15, 0.2) is 24.3 Å². The van der Waals surface area contributed by atoms with E-state index in [1.807, 2.05) is 12.1 Å². The highest BCUT2D eigenvalue weighted by Crippen LogP contribution is 2.34. The molecule has 1 aromatic heterocycles. The van der Waals surface area contributed by atoms with Crippen LogP contribution in [0.2, 0.25) is 5.02 Å². The second-order valence-corrected chi connectivity index (χ2v) is 5.88. The number of halogens is 1. The van der Waals surface area contributed by atoms with E-state index in [0.717, 1.165) is 30.7 Å². The number of rotatable bonds is 4. The maximum absolute atomic E-state index is 11.0. The van der Waals surface area contributed by atoms with Crippen LogP contribution in [0.4, 0.5) is 0 Å². The molecular weight excluding hydrogens is 306 g/mol. The number of aromatic nitrogens is 3. The van der Waals surface area contributed by atoms with E-state index in [4.69, 9.17) is 21.4 Å². The summed E-state index contributed by atoms with van der Waals surface area (Å²) in [4.78, 5) is 11.0. The topological polar surface area (TPSA) is 88.1 Å². The Bertz CT molecular complexity index is 648. The number of H-pyrrole nitrogens is 1. The summed E-state index contributed by atoms with van der Waals surface area (Å²) in [7, 11) is 0. The summed E-state index contributed by atoms with van der Waals surface area (Å²) >= 11 is 5.91. The van der Waals surface area contributed by atoms with Crippen molar-refractivity contribution in [1.29, 1.82) is 0 Å². The van der Waals surface area contributed by atoms with Gasteiger partial charge in [0, 0.05) is 5.02 Å². The number of aromatic amines is 1. The first kappa shape index (κ1) is 14.8. The van der Waals surface area contributed by atoms with Crippen LogP contribution in [0.3, 0.4) is 0 Å². The quantitative estimate of drug-likeness (QED) is 0.902. The molecule has 1 saturated carbocycles. The molecule has 0 saturated heterocycles. The average molecular weight is 322 g/mol. The van der Waals surface area contributed by atoms with Gasteiger partial charge in [-0.2, -0.15) is 0 Å². The molecule has 22 heavy (non-hydrogen) atoms. The Morgan fingerprint density at radius 1 is 1.23 bits per heavy atom. The highest BCUT2D eigenvalue weighted by atomic mass is 35.5. The third-order valence-electron chi connectivity index (χ3n) is 4.02. The molecule has 0 aliphatic heterocycles. The van der Waals surface area contributed by atoms with Crippen LogP contribution in [-0.4, -0.2) is 32.6 Å². The van der Waals surface area contributed by atoms with Crippen molar-refractivity contribution in [1.82, 2.24) is 15.4 Å². The Morgan fingerprint density at radius 2 is 1.91 bits per heavy atom. The van der Waals surface area contributed by atoms with E-state index in [-0.39, 0.29) is 17.7 Å². The fraction of sp³-hybridized carbons (Fsp3) is 0.400. The molecule has 1 heterocycles. The van der Waals surface area contributed by atoms with Crippen molar-refractivity contribution >= 4 is 17.6 Å². The van der Waals surface area contributed by atoms with Crippen LogP contribution in [0, 0.1) is 0 Å². The van der Waals surface area contributed by atoms with Gasteiger partial charge < -0.3 is 9.84 Å². The molecule has 116 valence electrons. The summed E-state index contributed by atoms with van der Waals surface area (Å²) in [5, 5.41) is 19.3. The summed E-state index contributed by atoms with van der Waals surface area (Å²) in [6.07, 6.45) is 3.68. The number of hydrogen-bond acceptors (Lipinski definition) is 4. The van der Waals surface area contributed by atoms with Crippen molar-refractivity contribution in [2.24, 2.45) is 0 Å². The summed E-state index contributed by atoms with van der Waals surface area (Å²) in [5.74, 6) is -0.550. The third kappa shape index (κ3) is 3.22. The van der Waals surface area contributed by atoms with Gasteiger partial charge in [0.25, 0.3) is 5.88 Å². The van der Waals surface area contributed by atoms with Crippen LogP contribution in [0.1, 0.15) is 47.7 Å². The smallest absolute Gasteiger partial charge is 0.359 e. The highest BCUT2D eigenvalue weighted by Gasteiger charge is 2.26. The Morgan fingerprint density at radius 3 is 2.55 bits per heavy atom. The minimum atomic E-state index is -1.12. The first-order chi connectivity index (χ1) is 10.6. The summed E-state index contributed by atoms with van der Waals surface area (Å²) < 4.78 is 5.68. The molecule has 1 aliphatic carbocycles. The zero-order valence-electron chi connectivity index (χ0n) is 11.8. The minimum absolute atomic E-state index is 0.0215. The number of nitrogens with zero attached hydrogens (tertiary/aromatic N) is 2. The van der Waals surface area contributed by atoms with Gasteiger partial charge in [0.1, 0.15) is 6.10 Å². The molecule has 1 fully saturated rings. The van der Waals surface area contributed by atoms with Crippen molar-refractivity contribution in [3.63, 3.8) is 0 Å². The Kier molecular flexibility index (Phi) is 4.29. The number of hydrogen-bond donors (Lipinski definition) is 2. The Labute approximate surface area is 132 Å². The van der Waals surface area contributed by atoms with E-state index in [1.165, 1.54) is 5.56 Å². The van der Waals surface area contributed by atoms with E-state index < -0.39 is 5.97 Å². The molecule has 0 bridgehead atoms. The van der Waals surface area contributed by atoms with E-state index in [0.29, 0.717) is 5.92 Å². The highest BCUT2D eigenvalue weighted by molar-refractivity contribution is 6.30. The second-order valence-electron chi connectivity index (χ2n) is 5.44. The predicted molar refractivity (Wildman–Crippen MR) is 80.4 cm³/mol. The normalized spacial score (nSPS) is 21.5. The molecular formula is C15H16ClN3O3. The summed E-state index contributed by atoms with van der Waals surface area (Å²) in [6, 6.07) is 7.95. The lowest BCUT2D eigenvalue weighted by Crippen LogP contribution is -2.24. The number of benzene rings is 1. The van der Waals surface area contributed by atoms with E-state index in [9.17, 15) is 4.79 Å². The van der Waals surface area contributed by atoms with Crippen molar-refractivity contribution in [3.05, 3.63) is 40.5 Å². The molecule has 1 aliphatic rings. The van der Waals surface area contributed by atoms with Gasteiger partial charge in [-0.1, -0.05) is 34.0 Å². The monoisotopic (exact) mass is 321 g/mol. The predicted octanol–water partition coefficient (Wildman–Crippen LogP) is 3.26. The summed E-state index contributed by atoms with van der Waals surface area (Å²) in [6.45, 7) is 0. The fourth-order valence-electron chi connectivity index (χ4n) is 2.85. The zero-order chi connectivity index (χ0) is 15.5. The first-order valence-corrected chi connectivity index (χ1v) is 7.57. The molecule has 0 unspecified atom stereocenters. The first-order valence-electron chi connectivity index (χ1n) is 7.20. The van der Waals surface area contributed by atoms with Crippen molar-refractivity contribution in [2.45, 2.75) is 37.7 Å². The number of ether oxygens (including phenoxy) is 1. The Hall–Kier alpha value is -2.08. The number of nitrogens with one attached hydrogen (secondary N) is 1. The number of carbonyl (C=O) groups is 1. The van der Waals surface area contributed by atoms with Crippen molar-refractivity contribution in [2.75, 3.05) is 0 Å². The molecule has 7 heteroatoms. The molecule has 3 rings (SSSR count). The van der Waals surface area contributed by atoms with Crippen LogP contribution in [0.25, 0.3) is 0 Å². The van der Waals surface area contributed by atoms with Crippen molar-refractivity contribution < 1.29 is 14.6 Å². The van der Waals surface area contributed by atoms with E-state index >= 15 is 0 Å². The van der Waals surface area contributed by atoms with Crippen molar-refractivity contribution in [3.8, 4) is 5.88 Å². The second kappa shape index (κ2) is 6.36. The van der Waals surface area contributed by atoms with Crippen LogP contribution >= 0.6 is 11.6 Å². The zero-order valence-corrected chi connectivity index (χ0v) is 12.6. The molecule has 0 atom stereocenters. The number of carboxylic acids is 1. The maximum Gasteiger partial charge on any atom is 0.359 e. The SMILES string of the molecule is O=C(O)c1[nH]nnc1OC1CCC(c2ccc(Cl)cc2)CC1. The van der Waals surface area contributed by atoms with E-state index in [2.05, 4.69) is 27.5 Å². The van der Waals surface area contributed by atoms with Gasteiger partial charge in [-0.15, -0.1) is 0 Å². The Balaban J connectivity index is 1.59. The van der Waals surface area contributed by atoms with Crippen LogP contribution in [0.5, 0.6) is 5.88 Å². The van der Waals surface area contributed by atoms with Gasteiger partial charge in [-0.3, -0.25) is 0 Å². The van der Waals surface area contributed by atoms with E-state index in [1.54, 1.807) is 0 Å². The summed E-state index contributed by atoms with van der Waals surface area (Å²) in [5.41, 5.74) is 1.19. The van der Waals surface area contributed by atoms with Gasteiger partial charge >= 0.3 is 5.97 Å². The minimum Gasteiger partial charge on any atom is -0.476 e. The number of carboxylic acid groups (broad SMARTS) is 1. The third-order valence-corrected chi connectivity index (χ3v) is 4.28. The maximum atomic E-state index is 11.0. The fourth-order valence-corrected chi connectivity index (χ4v) is 2.97. The number of aromatic carboxylic acids is 1.